The third-order valence-corrected chi connectivity index (χ3v) is 11.0. The van der Waals surface area contributed by atoms with Gasteiger partial charge in [0.2, 0.25) is 6.79 Å². The summed E-state index contributed by atoms with van der Waals surface area (Å²) in [5.41, 5.74) is -0.629. The largest absolute Gasteiger partial charge is 0.497 e. The lowest BCUT2D eigenvalue weighted by Gasteiger charge is -2.39. The summed E-state index contributed by atoms with van der Waals surface area (Å²) in [5.74, 6) is -0.612. The van der Waals surface area contributed by atoms with Crippen LogP contribution in [0.4, 0.5) is 0 Å². The van der Waals surface area contributed by atoms with Crippen LogP contribution in [0.15, 0.2) is 35.4 Å². The molecule has 11 nitrogen and oxygen atoms in total. The van der Waals surface area contributed by atoms with Crippen LogP contribution in [-0.4, -0.2) is 84.9 Å². The molecule has 4 aliphatic rings. The Labute approximate surface area is 278 Å². The van der Waals surface area contributed by atoms with Gasteiger partial charge in [-0.1, -0.05) is 0 Å². The molecule has 1 aromatic heterocycles. The molecule has 0 amide bonds. The molecule has 1 saturated heterocycles. The van der Waals surface area contributed by atoms with Crippen molar-refractivity contribution in [1.82, 2.24) is 4.90 Å². The maximum absolute atomic E-state index is 14.1. The number of fused-ring (bicyclic) bond motifs is 3. The molecule has 1 aromatic carbocycles. The first-order valence-electron chi connectivity index (χ1n) is 16.1. The van der Waals surface area contributed by atoms with Crippen LogP contribution in [0.25, 0.3) is 0 Å². The van der Waals surface area contributed by atoms with E-state index in [0.717, 1.165) is 49.0 Å². The molecule has 1 fully saturated rings. The van der Waals surface area contributed by atoms with Gasteiger partial charge in [0.15, 0.2) is 23.2 Å². The average molecular weight is 670 g/mol. The zero-order valence-corrected chi connectivity index (χ0v) is 28.4. The minimum Gasteiger partial charge on any atom is -0.497 e. The number of aryl methyl sites for hydroxylation is 1. The number of nitrogens with zero attached hydrogens (tertiary/aromatic N) is 1. The number of thiophene rings is 1. The fourth-order valence-corrected chi connectivity index (χ4v) is 8.43. The molecule has 0 bridgehead atoms. The van der Waals surface area contributed by atoms with Crippen LogP contribution in [0.5, 0.6) is 11.5 Å². The summed E-state index contributed by atoms with van der Waals surface area (Å²) in [5, 5.41) is 13.7. The molecule has 2 aromatic rings. The van der Waals surface area contributed by atoms with Gasteiger partial charge in [0.25, 0.3) is 0 Å². The van der Waals surface area contributed by atoms with Crippen LogP contribution in [0, 0.1) is 6.92 Å². The van der Waals surface area contributed by atoms with Gasteiger partial charge in [-0.2, -0.15) is 0 Å². The molecule has 4 atom stereocenters. The molecule has 6 rings (SSSR count). The number of rotatable bonds is 11. The summed E-state index contributed by atoms with van der Waals surface area (Å²) in [6, 6.07) is 5.86. The van der Waals surface area contributed by atoms with Crippen molar-refractivity contribution in [1.29, 1.82) is 0 Å². The number of aliphatic hydroxyl groups is 1. The number of benzene rings is 1. The molecule has 0 unspecified atom stereocenters. The van der Waals surface area contributed by atoms with Crippen molar-refractivity contribution in [2.24, 2.45) is 0 Å². The van der Waals surface area contributed by atoms with Crippen LogP contribution in [0.1, 0.15) is 84.7 Å². The Morgan fingerprint density at radius 1 is 1.13 bits per heavy atom. The van der Waals surface area contributed by atoms with E-state index in [-0.39, 0.29) is 25.6 Å². The molecule has 47 heavy (non-hydrogen) atoms. The molecule has 1 spiro atoms. The molecule has 3 aliphatic heterocycles. The number of methoxy groups -OCH3 is 2. The average Bonchev–Trinajstić information content (AvgIpc) is 3.81. The van der Waals surface area contributed by atoms with Crippen molar-refractivity contribution in [3.05, 3.63) is 57.0 Å². The fourth-order valence-electron chi connectivity index (χ4n) is 7.63. The highest BCUT2D eigenvalue weighted by atomic mass is 32.1. The number of hydrogen-bond donors (Lipinski definition) is 1. The van der Waals surface area contributed by atoms with Crippen molar-refractivity contribution >= 4 is 29.2 Å². The summed E-state index contributed by atoms with van der Waals surface area (Å²) in [6.45, 7) is 7.26. The van der Waals surface area contributed by atoms with Gasteiger partial charge in [0.05, 0.1) is 32.1 Å². The summed E-state index contributed by atoms with van der Waals surface area (Å²) < 4.78 is 34.2. The highest BCUT2D eigenvalue weighted by molar-refractivity contribution is 7.12. The first kappa shape index (κ1) is 33.3. The van der Waals surface area contributed by atoms with Gasteiger partial charge in [-0.05, 0) is 112 Å². The van der Waals surface area contributed by atoms with Crippen molar-refractivity contribution < 1.29 is 47.9 Å². The molecular formula is C35H43NO10S. The zero-order chi connectivity index (χ0) is 33.6. The summed E-state index contributed by atoms with van der Waals surface area (Å²) >= 11 is 1.31. The maximum atomic E-state index is 14.1. The standard InChI is InChI=1S/C35H43NO10S/c1-21-9-15-47-30(21)31(38)46-33(2,3)10-6-12-35(40,19-27(37)42-5)32(39)45-29-26(41-4)18-34-11-7-13-36(34)14-8-22-16-24-25(44-20-43-24)17-23(22)28(29)34/h9,15-18,28-29,40H,6-8,10-14,19-20H2,1-5H3/t28-,29-,34+,35-/m1/s1. The smallest absolute Gasteiger partial charge is 0.349 e. The van der Waals surface area contributed by atoms with E-state index in [1.54, 1.807) is 21.0 Å². The Bertz CT molecular complexity index is 1580. The minimum atomic E-state index is -2.19. The van der Waals surface area contributed by atoms with Crippen molar-refractivity contribution in [2.45, 2.75) is 94.5 Å². The van der Waals surface area contributed by atoms with E-state index in [2.05, 4.69) is 11.0 Å². The summed E-state index contributed by atoms with van der Waals surface area (Å²) in [7, 11) is 2.76. The Morgan fingerprint density at radius 2 is 1.89 bits per heavy atom. The van der Waals surface area contributed by atoms with Gasteiger partial charge in [-0.25, -0.2) is 9.59 Å². The molecule has 254 valence electrons. The number of carbonyl (C=O) groups excluding carboxylic acids is 3. The predicted octanol–water partition coefficient (Wildman–Crippen LogP) is 4.82. The van der Waals surface area contributed by atoms with Crippen LogP contribution in [0.3, 0.4) is 0 Å². The van der Waals surface area contributed by atoms with E-state index in [9.17, 15) is 19.5 Å². The van der Waals surface area contributed by atoms with Crippen LogP contribution < -0.4 is 9.47 Å². The summed E-state index contributed by atoms with van der Waals surface area (Å²) in [4.78, 5) is 42.4. The van der Waals surface area contributed by atoms with Crippen molar-refractivity contribution in [2.75, 3.05) is 34.1 Å². The van der Waals surface area contributed by atoms with Gasteiger partial charge in [0.1, 0.15) is 16.2 Å². The normalized spacial score (nSPS) is 24.3. The highest BCUT2D eigenvalue weighted by Crippen LogP contribution is 2.55. The Morgan fingerprint density at radius 3 is 2.60 bits per heavy atom. The lowest BCUT2D eigenvalue weighted by molar-refractivity contribution is -0.178. The van der Waals surface area contributed by atoms with Gasteiger partial charge in [0, 0.05) is 6.54 Å². The number of carbonyl (C=O) groups is 3. The van der Waals surface area contributed by atoms with E-state index in [4.69, 9.17) is 28.4 Å². The first-order valence-corrected chi connectivity index (χ1v) is 17.0. The molecule has 12 heteroatoms. The quantitative estimate of drug-likeness (QED) is 0.261. The molecule has 1 aliphatic carbocycles. The van der Waals surface area contributed by atoms with E-state index in [1.807, 2.05) is 30.5 Å². The highest BCUT2D eigenvalue weighted by Gasteiger charge is 2.59. The molecule has 0 saturated carbocycles. The summed E-state index contributed by atoms with van der Waals surface area (Å²) in [6.07, 6.45) is 3.71. The van der Waals surface area contributed by atoms with Crippen LogP contribution >= 0.6 is 11.3 Å². The van der Waals surface area contributed by atoms with Gasteiger partial charge < -0.3 is 33.5 Å². The molecule has 4 heterocycles. The third-order valence-electron chi connectivity index (χ3n) is 10.0. The van der Waals surface area contributed by atoms with Crippen molar-refractivity contribution in [3.63, 3.8) is 0 Å². The number of ether oxygens (including phenoxy) is 6. The van der Waals surface area contributed by atoms with Gasteiger partial charge >= 0.3 is 17.9 Å². The Hall–Kier alpha value is -3.61. The fraction of sp³-hybridized carbons (Fsp3) is 0.571. The predicted molar refractivity (Wildman–Crippen MR) is 172 cm³/mol. The van der Waals surface area contributed by atoms with Gasteiger partial charge in [-0.3, -0.25) is 9.69 Å². The van der Waals surface area contributed by atoms with Crippen LogP contribution in [0.2, 0.25) is 0 Å². The van der Waals surface area contributed by atoms with Gasteiger partial charge in [-0.15, -0.1) is 11.3 Å². The minimum absolute atomic E-state index is 0.115. The Kier molecular flexibility index (Phi) is 9.05. The topological polar surface area (TPSA) is 130 Å². The van der Waals surface area contributed by atoms with E-state index < -0.39 is 47.2 Å². The van der Waals surface area contributed by atoms with E-state index >= 15 is 0 Å². The lowest BCUT2D eigenvalue weighted by atomic mass is 9.77. The zero-order valence-electron chi connectivity index (χ0n) is 27.6. The second-order valence-corrected chi connectivity index (χ2v) is 14.4. The molecular weight excluding hydrogens is 626 g/mol. The second-order valence-electron chi connectivity index (χ2n) is 13.5. The number of hydrogen-bond acceptors (Lipinski definition) is 12. The first-order chi connectivity index (χ1) is 22.4. The molecule has 1 N–H and O–H groups in total. The monoisotopic (exact) mass is 669 g/mol. The van der Waals surface area contributed by atoms with E-state index in [0.29, 0.717) is 28.6 Å². The Balaban J connectivity index is 1.24. The second kappa shape index (κ2) is 12.8. The third kappa shape index (κ3) is 6.23. The molecule has 0 radical (unpaired) electrons. The maximum Gasteiger partial charge on any atom is 0.349 e. The van der Waals surface area contributed by atoms with E-state index in [1.165, 1.54) is 18.4 Å². The SMILES string of the molecule is COC(=O)C[C@](O)(CCCC(C)(C)OC(=O)c1sccc1C)C(=O)O[C@@H]1C(OC)=C[C@]23CCCN2CCc2cc4c(cc2[C@H]13)OCO4. The lowest BCUT2D eigenvalue weighted by Crippen LogP contribution is -2.49. The van der Waals surface area contributed by atoms with Crippen molar-refractivity contribution in [3.8, 4) is 11.5 Å². The number of esters is 3. The van der Waals surface area contributed by atoms with Crippen LogP contribution in [-0.2, 0) is 35.0 Å².